The third-order valence-corrected chi connectivity index (χ3v) is 5.86. The van der Waals surface area contributed by atoms with Crippen LogP contribution in [0.5, 0.6) is 11.5 Å². The SMILES string of the molecule is COc1ccc(-c2cc(-c3ccc(OC)cc3)c(C(=O)c3ccc(C(C)(C)C)cc3)[nH]2)cc1. The molecule has 33 heavy (non-hydrogen) atoms. The number of carbonyl (C=O) groups is 1. The number of hydrogen-bond acceptors (Lipinski definition) is 3. The molecule has 0 radical (unpaired) electrons. The molecule has 0 aliphatic rings. The zero-order chi connectivity index (χ0) is 23.6. The Morgan fingerprint density at radius 1 is 0.727 bits per heavy atom. The quantitative estimate of drug-likeness (QED) is 0.333. The van der Waals surface area contributed by atoms with Crippen molar-refractivity contribution in [3.8, 4) is 33.9 Å². The van der Waals surface area contributed by atoms with Gasteiger partial charge in [0.1, 0.15) is 11.5 Å². The number of H-pyrrole nitrogens is 1. The van der Waals surface area contributed by atoms with E-state index in [9.17, 15) is 4.79 Å². The average molecular weight is 440 g/mol. The number of aromatic nitrogens is 1. The zero-order valence-electron chi connectivity index (χ0n) is 19.7. The first-order valence-corrected chi connectivity index (χ1v) is 11.0. The molecule has 1 N–H and O–H groups in total. The molecule has 1 aromatic heterocycles. The van der Waals surface area contributed by atoms with E-state index in [4.69, 9.17) is 9.47 Å². The van der Waals surface area contributed by atoms with Gasteiger partial charge in [0.2, 0.25) is 5.78 Å². The number of hydrogen-bond donors (Lipinski definition) is 1. The van der Waals surface area contributed by atoms with Crippen LogP contribution in [0.4, 0.5) is 0 Å². The molecule has 0 bridgehead atoms. The summed E-state index contributed by atoms with van der Waals surface area (Å²) in [5.74, 6) is 1.52. The van der Waals surface area contributed by atoms with Gasteiger partial charge in [0.15, 0.2) is 0 Å². The number of carbonyl (C=O) groups excluding carboxylic acids is 1. The van der Waals surface area contributed by atoms with Crippen LogP contribution >= 0.6 is 0 Å². The third-order valence-electron chi connectivity index (χ3n) is 5.86. The maximum atomic E-state index is 13.6. The van der Waals surface area contributed by atoms with Crippen LogP contribution in [-0.4, -0.2) is 25.0 Å². The highest BCUT2D eigenvalue weighted by Crippen LogP contribution is 2.33. The molecule has 0 saturated heterocycles. The smallest absolute Gasteiger partial charge is 0.209 e. The van der Waals surface area contributed by atoms with E-state index >= 15 is 0 Å². The van der Waals surface area contributed by atoms with E-state index in [0.29, 0.717) is 11.3 Å². The Morgan fingerprint density at radius 3 is 1.73 bits per heavy atom. The van der Waals surface area contributed by atoms with Crippen LogP contribution in [0.2, 0.25) is 0 Å². The third kappa shape index (κ3) is 4.70. The van der Waals surface area contributed by atoms with Crippen LogP contribution in [-0.2, 0) is 5.41 Å². The van der Waals surface area contributed by atoms with Crippen molar-refractivity contribution in [3.63, 3.8) is 0 Å². The van der Waals surface area contributed by atoms with Crippen molar-refractivity contribution >= 4 is 5.78 Å². The van der Waals surface area contributed by atoms with E-state index in [1.165, 1.54) is 5.56 Å². The molecule has 0 spiro atoms. The van der Waals surface area contributed by atoms with Crippen molar-refractivity contribution in [3.05, 3.63) is 95.7 Å². The van der Waals surface area contributed by atoms with E-state index in [0.717, 1.165) is 33.9 Å². The van der Waals surface area contributed by atoms with E-state index in [1.807, 2.05) is 78.9 Å². The van der Waals surface area contributed by atoms with E-state index in [-0.39, 0.29) is 11.2 Å². The van der Waals surface area contributed by atoms with Gasteiger partial charge >= 0.3 is 0 Å². The van der Waals surface area contributed by atoms with Gasteiger partial charge in [-0.3, -0.25) is 4.79 Å². The summed E-state index contributed by atoms with van der Waals surface area (Å²) in [5.41, 5.74) is 6.10. The van der Waals surface area contributed by atoms with Gasteiger partial charge in [0, 0.05) is 16.8 Å². The first kappa shape index (κ1) is 22.4. The second kappa shape index (κ2) is 8.99. The Morgan fingerprint density at radius 2 is 1.24 bits per heavy atom. The summed E-state index contributed by atoms with van der Waals surface area (Å²) in [6, 6.07) is 25.5. The molecule has 0 amide bonds. The maximum absolute atomic E-state index is 13.6. The average Bonchev–Trinajstić information content (AvgIpc) is 3.28. The van der Waals surface area contributed by atoms with Crippen LogP contribution in [0.1, 0.15) is 42.4 Å². The minimum atomic E-state index is -0.0407. The maximum Gasteiger partial charge on any atom is 0.209 e. The van der Waals surface area contributed by atoms with Crippen LogP contribution in [0.15, 0.2) is 78.9 Å². The minimum absolute atomic E-state index is 0.0315. The summed E-state index contributed by atoms with van der Waals surface area (Å²) in [4.78, 5) is 17.0. The van der Waals surface area contributed by atoms with Gasteiger partial charge in [-0.15, -0.1) is 0 Å². The largest absolute Gasteiger partial charge is 0.497 e. The number of nitrogens with one attached hydrogen (secondary N) is 1. The van der Waals surface area contributed by atoms with Crippen molar-refractivity contribution in [2.75, 3.05) is 14.2 Å². The summed E-state index contributed by atoms with van der Waals surface area (Å²) in [6.45, 7) is 6.49. The Bertz CT molecular complexity index is 1240. The highest BCUT2D eigenvalue weighted by molar-refractivity contribution is 6.12. The predicted octanol–water partition coefficient (Wildman–Crippen LogP) is 6.89. The Kier molecular flexibility index (Phi) is 6.10. The standard InChI is InChI=1S/C29H29NO3/c1-29(2,3)22-12-6-21(7-13-22)28(31)27-25(19-8-14-23(32-4)15-9-19)18-26(30-27)20-10-16-24(33-5)17-11-20/h6-18,30H,1-5H3. The first-order valence-electron chi connectivity index (χ1n) is 11.0. The summed E-state index contributed by atoms with van der Waals surface area (Å²) in [6.07, 6.45) is 0. The molecule has 0 saturated carbocycles. The van der Waals surface area contributed by atoms with Gasteiger partial charge in [0.25, 0.3) is 0 Å². The fourth-order valence-electron chi connectivity index (χ4n) is 3.82. The molecule has 4 heteroatoms. The van der Waals surface area contributed by atoms with Gasteiger partial charge in [-0.2, -0.15) is 0 Å². The Labute approximate surface area is 195 Å². The molecular weight excluding hydrogens is 410 g/mol. The van der Waals surface area contributed by atoms with Gasteiger partial charge in [-0.1, -0.05) is 57.2 Å². The van der Waals surface area contributed by atoms with E-state index in [1.54, 1.807) is 14.2 Å². The molecule has 0 fully saturated rings. The summed E-state index contributed by atoms with van der Waals surface area (Å²) < 4.78 is 10.6. The molecule has 168 valence electrons. The molecule has 4 nitrogen and oxygen atoms in total. The zero-order valence-corrected chi connectivity index (χ0v) is 19.7. The van der Waals surface area contributed by atoms with Gasteiger partial charge in [-0.05, 0) is 64.6 Å². The number of ether oxygens (including phenoxy) is 2. The van der Waals surface area contributed by atoms with E-state index < -0.39 is 0 Å². The van der Waals surface area contributed by atoms with Gasteiger partial charge in [-0.25, -0.2) is 0 Å². The summed E-state index contributed by atoms with van der Waals surface area (Å²) >= 11 is 0. The van der Waals surface area contributed by atoms with Crippen LogP contribution in [0.3, 0.4) is 0 Å². The normalized spacial score (nSPS) is 11.3. The Hall–Kier alpha value is -3.79. The van der Waals surface area contributed by atoms with Crippen LogP contribution in [0, 0.1) is 0 Å². The lowest BCUT2D eigenvalue weighted by atomic mass is 9.86. The molecule has 0 aliphatic heterocycles. The number of rotatable bonds is 6. The second-order valence-corrected chi connectivity index (χ2v) is 9.09. The second-order valence-electron chi connectivity index (χ2n) is 9.09. The molecule has 3 aromatic carbocycles. The number of aromatic amines is 1. The topological polar surface area (TPSA) is 51.3 Å². The highest BCUT2D eigenvalue weighted by Gasteiger charge is 2.21. The lowest BCUT2D eigenvalue weighted by molar-refractivity contribution is 0.103. The number of benzene rings is 3. The predicted molar refractivity (Wildman–Crippen MR) is 133 cm³/mol. The van der Waals surface area contributed by atoms with E-state index in [2.05, 4.69) is 25.8 Å². The van der Waals surface area contributed by atoms with Crippen LogP contribution < -0.4 is 9.47 Å². The lowest BCUT2D eigenvalue weighted by Crippen LogP contribution is -2.11. The fourth-order valence-corrected chi connectivity index (χ4v) is 3.82. The van der Waals surface area contributed by atoms with Gasteiger partial charge in [0.05, 0.1) is 19.9 Å². The molecule has 4 aromatic rings. The van der Waals surface area contributed by atoms with Crippen LogP contribution in [0.25, 0.3) is 22.4 Å². The van der Waals surface area contributed by atoms with Crippen molar-refractivity contribution in [1.29, 1.82) is 0 Å². The monoisotopic (exact) mass is 439 g/mol. The Balaban J connectivity index is 1.78. The van der Waals surface area contributed by atoms with Crippen molar-refractivity contribution in [2.24, 2.45) is 0 Å². The van der Waals surface area contributed by atoms with Gasteiger partial charge < -0.3 is 14.5 Å². The fraction of sp³-hybridized carbons (Fsp3) is 0.207. The van der Waals surface area contributed by atoms with Crippen molar-refractivity contribution in [2.45, 2.75) is 26.2 Å². The lowest BCUT2D eigenvalue weighted by Gasteiger charge is -2.19. The summed E-state index contributed by atoms with van der Waals surface area (Å²) in [7, 11) is 3.29. The number of methoxy groups -OCH3 is 2. The highest BCUT2D eigenvalue weighted by atomic mass is 16.5. The first-order chi connectivity index (χ1) is 15.8. The summed E-state index contributed by atoms with van der Waals surface area (Å²) in [5, 5.41) is 0. The van der Waals surface area contributed by atoms with Crippen molar-refractivity contribution < 1.29 is 14.3 Å². The molecular formula is C29H29NO3. The number of ketones is 1. The van der Waals surface area contributed by atoms with Crippen molar-refractivity contribution in [1.82, 2.24) is 4.98 Å². The molecule has 0 atom stereocenters. The molecule has 4 rings (SSSR count). The molecule has 0 unspecified atom stereocenters. The molecule has 1 heterocycles. The minimum Gasteiger partial charge on any atom is -0.497 e. The molecule has 0 aliphatic carbocycles.